The maximum Gasteiger partial charge on any atom is 0.243 e. The normalized spacial score (nSPS) is 28.7. The average Bonchev–Trinajstić information content (AvgIpc) is 3.04. The van der Waals surface area contributed by atoms with E-state index in [1.807, 2.05) is 41.6 Å². The molecule has 0 N–H and O–H groups in total. The van der Waals surface area contributed by atoms with Gasteiger partial charge >= 0.3 is 0 Å². The smallest absolute Gasteiger partial charge is 0.207 e. The number of fused-ring (bicyclic) bond motifs is 1. The van der Waals surface area contributed by atoms with Crippen LogP contribution in [0.15, 0.2) is 59.5 Å². The molecule has 2 aromatic rings. The highest BCUT2D eigenvalue weighted by molar-refractivity contribution is 7.89. The molecule has 1 heterocycles. The van der Waals surface area contributed by atoms with Crippen molar-refractivity contribution in [3.8, 4) is 0 Å². The second-order valence-electron chi connectivity index (χ2n) is 7.45. The Morgan fingerprint density at radius 2 is 1.76 bits per heavy atom. The van der Waals surface area contributed by atoms with Crippen LogP contribution in [0, 0.1) is 18.8 Å². The highest BCUT2D eigenvalue weighted by Gasteiger charge is 2.71. The molecule has 0 spiro atoms. The van der Waals surface area contributed by atoms with Gasteiger partial charge in [0.1, 0.15) is 0 Å². The zero-order chi connectivity index (χ0) is 17.7. The van der Waals surface area contributed by atoms with Crippen LogP contribution in [-0.2, 0) is 16.4 Å². The first kappa shape index (κ1) is 16.8. The molecule has 0 bridgehead atoms. The first-order valence-corrected chi connectivity index (χ1v) is 10.6. The number of rotatable bonds is 5. The van der Waals surface area contributed by atoms with E-state index >= 15 is 0 Å². The van der Waals surface area contributed by atoms with E-state index in [1.165, 1.54) is 5.56 Å². The lowest BCUT2D eigenvalue weighted by Crippen LogP contribution is -2.43. The minimum atomic E-state index is -3.45. The molecule has 1 aliphatic heterocycles. The Labute approximate surface area is 150 Å². The van der Waals surface area contributed by atoms with Gasteiger partial charge in [-0.3, -0.25) is 0 Å². The number of sulfonamides is 1. The summed E-state index contributed by atoms with van der Waals surface area (Å²) in [7, 11) is -3.45. The Hall–Kier alpha value is -1.65. The van der Waals surface area contributed by atoms with E-state index in [1.54, 1.807) is 12.1 Å². The summed E-state index contributed by atoms with van der Waals surface area (Å²) in [5, 5.41) is 0. The van der Waals surface area contributed by atoms with Crippen molar-refractivity contribution in [3.63, 3.8) is 0 Å². The number of nitrogens with zero attached hydrogens (tertiary/aromatic N) is 1. The molecule has 3 atom stereocenters. The number of piperidine rings is 1. The fourth-order valence-corrected chi connectivity index (χ4v) is 6.83. The molecule has 2 aromatic carbocycles. The lowest BCUT2D eigenvalue weighted by atomic mass is 10.0. The van der Waals surface area contributed by atoms with E-state index in [0.29, 0.717) is 23.3 Å². The summed E-state index contributed by atoms with van der Waals surface area (Å²) in [6.45, 7) is 4.81. The molecule has 4 rings (SSSR count). The first-order valence-electron chi connectivity index (χ1n) is 9.13. The average molecular weight is 356 g/mol. The van der Waals surface area contributed by atoms with E-state index in [-0.39, 0.29) is 5.54 Å². The van der Waals surface area contributed by atoms with Crippen molar-refractivity contribution in [2.24, 2.45) is 11.8 Å². The van der Waals surface area contributed by atoms with Crippen LogP contribution in [0.25, 0.3) is 0 Å². The molecule has 0 unspecified atom stereocenters. The summed E-state index contributed by atoms with van der Waals surface area (Å²) in [6.07, 6.45) is 2.84. The monoisotopic (exact) mass is 355 g/mol. The quantitative estimate of drug-likeness (QED) is 0.812. The second-order valence-corrected chi connectivity index (χ2v) is 9.32. The molecule has 25 heavy (non-hydrogen) atoms. The van der Waals surface area contributed by atoms with E-state index in [0.717, 1.165) is 24.8 Å². The van der Waals surface area contributed by atoms with Gasteiger partial charge in [-0.05, 0) is 49.3 Å². The minimum absolute atomic E-state index is 0.222. The molecule has 3 nitrogen and oxygen atoms in total. The maximum absolute atomic E-state index is 13.4. The molecule has 0 radical (unpaired) electrons. The van der Waals surface area contributed by atoms with Gasteiger partial charge in [0.25, 0.3) is 0 Å². The lowest BCUT2D eigenvalue weighted by Gasteiger charge is -2.30. The summed E-state index contributed by atoms with van der Waals surface area (Å²) < 4.78 is 28.6. The second kappa shape index (κ2) is 5.96. The van der Waals surface area contributed by atoms with Crippen molar-refractivity contribution in [1.29, 1.82) is 0 Å². The Morgan fingerprint density at radius 3 is 2.36 bits per heavy atom. The number of benzene rings is 2. The van der Waals surface area contributed by atoms with E-state index in [9.17, 15) is 8.42 Å². The highest BCUT2D eigenvalue weighted by atomic mass is 32.2. The van der Waals surface area contributed by atoms with Gasteiger partial charge in [0.05, 0.1) is 4.90 Å². The predicted molar refractivity (Wildman–Crippen MR) is 99.8 cm³/mol. The topological polar surface area (TPSA) is 37.4 Å². The largest absolute Gasteiger partial charge is 0.243 e. The van der Waals surface area contributed by atoms with Gasteiger partial charge in [-0.2, -0.15) is 4.31 Å². The van der Waals surface area contributed by atoms with Crippen LogP contribution in [0.3, 0.4) is 0 Å². The molecule has 132 valence electrons. The fourth-order valence-electron chi connectivity index (χ4n) is 4.97. The van der Waals surface area contributed by atoms with Gasteiger partial charge in [-0.15, -0.1) is 0 Å². The Morgan fingerprint density at radius 1 is 1.08 bits per heavy atom. The van der Waals surface area contributed by atoms with Gasteiger partial charge in [0.15, 0.2) is 0 Å². The predicted octanol–water partition coefficient (Wildman–Crippen LogP) is 4.03. The minimum Gasteiger partial charge on any atom is -0.207 e. The number of hydrogen-bond acceptors (Lipinski definition) is 2. The van der Waals surface area contributed by atoms with Crippen molar-refractivity contribution in [2.45, 2.75) is 43.5 Å². The van der Waals surface area contributed by atoms with Crippen LogP contribution < -0.4 is 0 Å². The van der Waals surface area contributed by atoms with Gasteiger partial charge in [0, 0.05) is 12.1 Å². The first-order chi connectivity index (χ1) is 12.0. The molecule has 0 aromatic heterocycles. The van der Waals surface area contributed by atoms with Crippen LogP contribution >= 0.6 is 0 Å². The molecular weight excluding hydrogens is 330 g/mol. The lowest BCUT2D eigenvalue weighted by molar-refractivity contribution is 0.303. The summed E-state index contributed by atoms with van der Waals surface area (Å²) in [5.74, 6) is 0.972. The van der Waals surface area contributed by atoms with Crippen LogP contribution in [0.2, 0.25) is 0 Å². The Kier molecular flexibility index (Phi) is 4.00. The van der Waals surface area contributed by atoms with Crippen molar-refractivity contribution < 1.29 is 8.42 Å². The molecule has 0 amide bonds. The zero-order valence-corrected chi connectivity index (χ0v) is 15.7. The van der Waals surface area contributed by atoms with Crippen LogP contribution in [0.4, 0.5) is 0 Å². The number of aryl methyl sites for hydroxylation is 1. The van der Waals surface area contributed by atoms with Gasteiger partial charge < -0.3 is 0 Å². The number of hydrogen-bond donors (Lipinski definition) is 0. The van der Waals surface area contributed by atoms with Gasteiger partial charge in [0.2, 0.25) is 10.0 Å². The van der Waals surface area contributed by atoms with Gasteiger partial charge in [-0.1, -0.05) is 61.4 Å². The van der Waals surface area contributed by atoms with Crippen molar-refractivity contribution >= 4 is 10.0 Å². The van der Waals surface area contributed by atoms with Crippen molar-refractivity contribution in [1.82, 2.24) is 4.31 Å². The zero-order valence-electron chi connectivity index (χ0n) is 14.9. The van der Waals surface area contributed by atoms with Crippen LogP contribution in [0.1, 0.15) is 30.9 Å². The molecule has 2 fully saturated rings. The summed E-state index contributed by atoms with van der Waals surface area (Å²) in [6, 6.07) is 17.6. The fraction of sp³-hybridized carbons (Fsp3) is 0.429. The van der Waals surface area contributed by atoms with Gasteiger partial charge in [-0.25, -0.2) is 8.42 Å². The van der Waals surface area contributed by atoms with E-state index in [2.05, 4.69) is 19.1 Å². The Balaban J connectivity index is 1.72. The third-order valence-corrected chi connectivity index (χ3v) is 8.12. The van der Waals surface area contributed by atoms with E-state index in [4.69, 9.17) is 0 Å². The molecular formula is C21H25NO2S. The molecule has 1 saturated carbocycles. The molecule has 1 aliphatic carbocycles. The summed E-state index contributed by atoms with van der Waals surface area (Å²) >= 11 is 0. The third kappa shape index (κ3) is 2.54. The standard InChI is InChI=1S/C21H25NO2S/c1-3-19-20-13-14-22(21(19,20)15-17-7-5-4-6-8-17)25(23,24)18-11-9-16(2)10-12-18/h4-12,19-20H,3,13-15H2,1-2H3/t19-,20+,21-/m1/s1. The molecule has 1 saturated heterocycles. The Bertz CT molecular complexity index is 855. The summed E-state index contributed by atoms with van der Waals surface area (Å²) in [4.78, 5) is 0.424. The molecule has 4 heteroatoms. The SMILES string of the molecule is CC[C@@H]1[C@@H]2CCN(S(=O)(=O)c3ccc(C)cc3)[C@]12Cc1ccccc1. The molecule has 2 aliphatic rings. The van der Waals surface area contributed by atoms with Crippen LogP contribution in [-0.4, -0.2) is 24.8 Å². The van der Waals surface area contributed by atoms with Crippen LogP contribution in [0.5, 0.6) is 0 Å². The third-order valence-electron chi connectivity index (χ3n) is 6.15. The maximum atomic E-state index is 13.4. The summed E-state index contributed by atoms with van der Waals surface area (Å²) in [5.41, 5.74) is 2.09. The highest BCUT2D eigenvalue weighted by Crippen LogP contribution is 2.65. The van der Waals surface area contributed by atoms with E-state index < -0.39 is 10.0 Å². The van der Waals surface area contributed by atoms with Crippen molar-refractivity contribution in [3.05, 3.63) is 65.7 Å². The van der Waals surface area contributed by atoms with Crippen molar-refractivity contribution in [2.75, 3.05) is 6.54 Å².